The second-order valence-electron chi connectivity index (χ2n) is 5.11. The molecule has 0 amide bonds. The summed E-state index contributed by atoms with van der Waals surface area (Å²) in [6.07, 6.45) is 2.53. The Bertz CT molecular complexity index is 409. The molecule has 100 valence electrons. The number of anilines is 1. The van der Waals surface area contributed by atoms with Crippen LogP contribution in [0.4, 0.5) is 5.69 Å². The molecule has 2 rings (SSSR count). The number of alkyl halides is 1. The fourth-order valence-corrected chi connectivity index (χ4v) is 3.18. The standard InChI is InChI=1S/C14H20BrClN2/c1-17(2)13-4-3-7-18(10-13)14-8-12(16)6-5-11(14)9-15/h5-6,8,13H,3-4,7,9-10H2,1-2H3. The first-order valence-electron chi connectivity index (χ1n) is 6.37. The van der Waals surface area contributed by atoms with Crippen molar-refractivity contribution in [3.63, 3.8) is 0 Å². The molecule has 18 heavy (non-hydrogen) atoms. The molecule has 0 aliphatic carbocycles. The van der Waals surface area contributed by atoms with Gasteiger partial charge in [0.1, 0.15) is 0 Å². The molecule has 1 aliphatic heterocycles. The highest BCUT2D eigenvalue weighted by Gasteiger charge is 2.22. The summed E-state index contributed by atoms with van der Waals surface area (Å²) >= 11 is 9.70. The van der Waals surface area contributed by atoms with Crippen molar-refractivity contribution in [2.24, 2.45) is 0 Å². The fraction of sp³-hybridized carbons (Fsp3) is 0.571. The van der Waals surface area contributed by atoms with Crippen molar-refractivity contribution in [3.05, 3.63) is 28.8 Å². The van der Waals surface area contributed by atoms with Crippen LogP contribution in [0.15, 0.2) is 18.2 Å². The number of hydrogen-bond acceptors (Lipinski definition) is 2. The van der Waals surface area contributed by atoms with Crippen LogP contribution in [0, 0.1) is 0 Å². The lowest BCUT2D eigenvalue weighted by Crippen LogP contribution is -2.45. The Morgan fingerprint density at radius 2 is 2.22 bits per heavy atom. The number of piperidine rings is 1. The molecule has 1 heterocycles. The Morgan fingerprint density at radius 1 is 1.44 bits per heavy atom. The summed E-state index contributed by atoms with van der Waals surface area (Å²) in [7, 11) is 4.33. The van der Waals surface area contributed by atoms with E-state index in [0.717, 1.165) is 23.4 Å². The molecule has 2 nitrogen and oxygen atoms in total. The van der Waals surface area contributed by atoms with Crippen LogP contribution in [0.2, 0.25) is 5.02 Å². The van der Waals surface area contributed by atoms with Gasteiger partial charge in [0.15, 0.2) is 0 Å². The Hall–Kier alpha value is -0.250. The van der Waals surface area contributed by atoms with Crippen molar-refractivity contribution < 1.29 is 0 Å². The topological polar surface area (TPSA) is 6.48 Å². The minimum atomic E-state index is 0.640. The van der Waals surface area contributed by atoms with Crippen molar-refractivity contribution in [2.45, 2.75) is 24.2 Å². The molecule has 1 saturated heterocycles. The van der Waals surface area contributed by atoms with Crippen LogP contribution < -0.4 is 4.90 Å². The third kappa shape index (κ3) is 3.19. The van der Waals surface area contributed by atoms with E-state index < -0.39 is 0 Å². The molecule has 1 unspecified atom stereocenters. The first-order chi connectivity index (χ1) is 8.61. The predicted octanol–water partition coefficient (Wildman–Crippen LogP) is 3.77. The number of nitrogens with zero attached hydrogens (tertiary/aromatic N) is 2. The van der Waals surface area contributed by atoms with Gasteiger partial charge in [-0.15, -0.1) is 0 Å². The molecular weight excluding hydrogens is 312 g/mol. The summed E-state index contributed by atoms with van der Waals surface area (Å²) in [6.45, 7) is 2.22. The molecule has 1 fully saturated rings. The first kappa shape index (κ1) is 14.2. The number of hydrogen-bond donors (Lipinski definition) is 0. The van der Waals surface area contributed by atoms with E-state index in [2.05, 4.69) is 52.0 Å². The zero-order valence-corrected chi connectivity index (χ0v) is 13.3. The van der Waals surface area contributed by atoms with Gasteiger partial charge < -0.3 is 9.80 Å². The third-order valence-corrected chi connectivity index (χ3v) is 4.50. The van der Waals surface area contributed by atoms with Gasteiger partial charge in [-0.3, -0.25) is 0 Å². The van der Waals surface area contributed by atoms with Crippen molar-refractivity contribution >= 4 is 33.2 Å². The highest BCUT2D eigenvalue weighted by atomic mass is 79.9. The van der Waals surface area contributed by atoms with E-state index in [-0.39, 0.29) is 0 Å². The molecule has 0 saturated carbocycles. The minimum Gasteiger partial charge on any atom is -0.370 e. The Labute approximate surface area is 123 Å². The van der Waals surface area contributed by atoms with Crippen LogP contribution in [0.25, 0.3) is 0 Å². The Kier molecular flexibility index (Phi) is 4.93. The highest BCUT2D eigenvalue weighted by Crippen LogP contribution is 2.29. The highest BCUT2D eigenvalue weighted by molar-refractivity contribution is 9.08. The van der Waals surface area contributed by atoms with Crippen molar-refractivity contribution in [3.8, 4) is 0 Å². The van der Waals surface area contributed by atoms with Crippen LogP contribution in [0.1, 0.15) is 18.4 Å². The largest absolute Gasteiger partial charge is 0.370 e. The van der Waals surface area contributed by atoms with Gasteiger partial charge in [0.2, 0.25) is 0 Å². The maximum Gasteiger partial charge on any atom is 0.0426 e. The van der Waals surface area contributed by atoms with E-state index in [1.54, 1.807) is 0 Å². The maximum absolute atomic E-state index is 6.14. The Morgan fingerprint density at radius 3 is 2.89 bits per heavy atom. The smallest absolute Gasteiger partial charge is 0.0426 e. The van der Waals surface area contributed by atoms with Crippen molar-refractivity contribution in [2.75, 3.05) is 32.1 Å². The summed E-state index contributed by atoms with van der Waals surface area (Å²) in [5.41, 5.74) is 2.60. The molecule has 0 N–H and O–H groups in total. The van der Waals surface area contributed by atoms with Gasteiger partial charge in [0, 0.05) is 35.2 Å². The summed E-state index contributed by atoms with van der Waals surface area (Å²) in [5.74, 6) is 0. The SMILES string of the molecule is CN(C)C1CCCN(c2cc(Cl)ccc2CBr)C1. The molecule has 0 spiro atoms. The van der Waals surface area contributed by atoms with Crippen LogP contribution in [-0.2, 0) is 5.33 Å². The van der Waals surface area contributed by atoms with Gasteiger partial charge in [-0.2, -0.15) is 0 Å². The number of halogens is 2. The lowest BCUT2D eigenvalue weighted by molar-refractivity contribution is 0.258. The Balaban J connectivity index is 2.22. The average molecular weight is 332 g/mol. The van der Waals surface area contributed by atoms with E-state index in [9.17, 15) is 0 Å². The van der Waals surface area contributed by atoms with E-state index in [0.29, 0.717) is 6.04 Å². The fourth-order valence-electron chi connectivity index (χ4n) is 2.54. The van der Waals surface area contributed by atoms with Crippen LogP contribution >= 0.6 is 27.5 Å². The molecule has 1 aromatic rings. The van der Waals surface area contributed by atoms with Crippen molar-refractivity contribution in [1.82, 2.24) is 4.90 Å². The van der Waals surface area contributed by atoms with E-state index in [1.165, 1.54) is 24.1 Å². The number of rotatable bonds is 3. The molecule has 0 aromatic heterocycles. The zero-order valence-electron chi connectivity index (χ0n) is 11.0. The first-order valence-corrected chi connectivity index (χ1v) is 7.87. The summed E-state index contributed by atoms with van der Waals surface area (Å²) in [5, 5.41) is 1.70. The van der Waals surface area contributed by atoms with E-state index in [1.807, 2.05) is 6.07 Å². The van der Waals surface area contributed by atoms with Gasteiger partial charge in [-0.05, 0) is 44.6 Å². The molecule has 4 heteroatoms. The molecule has 1 aliphatic rings. The minimum absolute atomic E-state index is 0.640. The zero-order chi connectivity index (χ0) is 13.1. The number of likely N-dealkylation sites (N-methyl/N-ethyl adjacent to an activating group) is 1. The molecule has 0 radical (unpaired) electrons. The normalized spacial score (nSPS) is 20.5. The van der Waals surface area contributed by atoms with Gasteiger partial charge in [-0.1, -0.05) is 33.6 Å². The van der Waals surface area contributed by atoms with E-state index in [4.69, 9.17) is 11.6 Å². The molecule has 1 aromatic carbocycles. The molecule has 0 bridgehead atoms. The van der Waals surface area contributed by atoms with E-state index >= 15 is 0 Å². The quantitative estimate of drug-likeness (QED) is 0.778. The predicted molar refractivity (Wildman–Crippen MR) is 83.0 cm³/mol. The van der Waals surface area contributed by atoms with Crippen molar-refractivity contribution in [1.29, 1.82) is 0 Å². The summed E-state index contributed by atoms with van der Waals surface area (Å²) in [4.78, 5) is 4.79. The second kappa shape index (κ2) is 6.27. The van der Waals surface area contributed by atoms with Crippen LogP contribution in [0.3, 0.4) is 0 Å². The lowest BCUT2D eigenvalue weighted by atomic mass is 10.0. The van der Waals surface area contributed by atoms with Crippen LogP contribution in [-0.4, -0.2) is 38.1 Å². The van der Waals surface area contributed by atoms with Crippen LogP contribution in [0.5, 0.6) is 0 Å². The van der Waals surface area contributed by atoms with Gasteiger partial charge in [-0.25, -0.2) is 0 Å². The van der Waals surface area contributed by atoms with Gasteiger partial charge in [0.25, 0.3) is 0 Å². The summed E-state index contributed by atoms with van der Waals surface area (Å²) < 4.78 is 0. The monoisotopic (exact) mass is 330 g/mol. The lowest BCUT2D eigenvalue weighted by Gasteiger charge is -2.38. The van der Waals surface area contributed by atoms with Gasteiger partial charge in [0.05, 0.1) is 0 Å². The maximum atomic E-state index is 6.14. The average Bonchev–Trinajstić information content (AvgIpc) is 2.39. The molecule has 1 atom stereocenters. The number of benzene rings is 1. The summed E-state index contributed by atoms with van der Waals surface area (Å²) in [6, 6.07) is 6.82. The third-order valence-electron chi connectivity index (χ3n) is 3.66. The second-order valence-corrected chi connectivity index (χ2v) is 6.11. The molecular formula is C14H20BrClN2. The van der Waals surface area contributed by atoms with Gasteiger partial charge >= 0.3 is 0 Å².